The van der Waals surface area contributed by atoms with E-state index in [2.05, 4.69) is 45.9 Å². The van der Waals surface area contributed by atoms with Gasteiger partial charge in [-0.3, -0.25) is 0 Å². The van der Waals surface area contributed by atoms with Crippen LogP contribution in [0.3, 0.4) is 0 Å². The second-order valence-corrected chi connectivity index (χ2v) is 5.57. The van der Waals surface area contributed by atoms with Crippen molar-refractivity contribution in [3.05, 3.63) is 11.8 Å². The molecule has 0 bridgehead atoms. The van der Waals surface area contributed by atoms with Crippen molar-refractivity contribution in [2.75, 3.05) is 42.9 Å². The monoisotopic (exact) mass is 277 g/mol. The van der Waals surface area contributed by atoms with Gasteiger partial charge in [0.25, 0.3) is 0 Å². The minimum Gasteiger partial charge on any atom is -0.367 e. The van der Waals surface area contributed by atoms with E-state index < -0.39 is 0 Å². The molecule has 0 aliphatic carbocycles. The largest absolute Gasteiger partial charge is 0.367 e. The molecule has 0 spiro atoms. The summed E-state index contributed by atoms with van der Waals surface area (Å²) in [5.41, 5.74) is 1.03. The van der Waals surface area contributed by atoms with Crippen molar-refractivity contribution in [1.82, 2.24) is 14.9 Å². The van der Waals surface area contributed by atoms with Gasteiger partial charge in [0, 0.05) is 44.0 Å². The molecular formula is C15H27N5. The molecule has 0 amide bonds. The highest BCUT2D eigenvalue weighted by Crippen LogP contribution is 2.16. The molecule has 2 heterocycles. The summed E-state index contributed by atoms with van der Waals surface area (Å²) in [4.78, 5) is 14.0. The van der Waals surface area contributed by atoms with E-state index in [0.717, 1.165) is 56.6 Å². The van der Waals surface area contributed by atoms with Gasteiger partial charge in [0.15, 0.2) is 0 Å². The highest BCUT2D eigenvalue weighted by molar-refractivity contribution is 5.44. The van der Waals surface area contributed by atoms with Crippen LogP contribution in [-0.4, -0.2) is 53.6 Å². The van der Waals surface area contributed by atoms with E-state index in [9.17, 15) is 0 Å². The maximum Gasteiger partial charge on any atom is 0.227 e. The molecule has 112 valence electrons. The van der Waals surface area contributed by atoms with Gasteiger partial charge in [-0.2, -0.15) is 4.98 Å². The van der Waals surface area contributed by atoms with Crippen LogP contribution in [0.4, 0.5) is 11.8 Å². The highest BCUT2D eigenvalue weighted by Gasteiger charge is 2.18. The number of hydrogen-bond donors (Lipinski definition) is 1. The Morgan fingerprint density at radius 2 is 1.90 bits per heavy atom. The Hall–Kier alpha value is -1.36. The minimum atomic E-state index is 0.439. The molecule has 1 atom stereocenters. The molecule has 0 aromatic carbocycles. The van der Waals surface area contributed by atoms with Gasteiger partial charge >= 0.3 is 0 Å². The standard InChI is InChI=1S/C15H27N5/c1-5-12(3)16-14-11-13(4)17-15(18-14)20-9-7-19(6-2)8-10-20/h11-12H,5-10H2,1-4H3,(H,16,17,18). The third kappa shape index (κ3) is 3.82. The maximum absolute atomic E-state index is 4.68. The quantitative estimate of drug-likeness (QED) is 0.893. The Labute approximate surface area is 122 Å². The first-order valence-corrected chi connectivity index (χ1v) is 7.72. The zero-order chi connectivity index (χ0) is 14.5. The number of aromatic nitrogens is 2. The van der Waals surface area contributed by atoms with Crippen molar-refractivity contribution in [3.8, 4) is 0 Å². The third-order valence-electron chi connectivity index (χ3n) is 3.95. The summed E-state index contributed by atoms with van der Waals surface area (Å²) < 4.78 is 0. The number of rotatable bonds is 5. The van der Waals surface area contributed by atoms with Gasteiger partial charge in [-0.25, -0.2) is 4.98 Å². The lowest BCUT2D eigenvalue weighted by atomic mass is 10.2. The van der Waals surface area contributed by atoms with E-state index in [4.69, 9.17) is 0 Å². The normalized spacial score (nSPS) is 18.1. The van der Waals surface area contributed by atoms with E-state index in [0.29, 0.717) is 6.04 Å². The summed E-state index contributed by atoms with van der Waals surface area (Å²) in [5, 5.41) is 3.44. The highest BCUT2D eigenvalue weighted by atomic mass is 15.3. The molecule has 1 N–H and O–H groups in total. The van der Waals surface area contributed by atoms with Gasteiger partial charge in [-0.05, 0) is 26.8 Å². The number of likely N-dealkylation sites (N-methyl/N-ethyl adjacent to an activating group) is 1. The van der Waals surface area contributed by atoms with Gasteiger partial charge in [-0.1, -0.05) is 13.8 Å². The minimum absolute atomic E-state index is 0.439. The van der Waals surface area contributed by atoms with Crippen LogP contribution in [0, 0.1) is 6.92 Å². The molecule has 0 saturated carbocycles. The molecule has 1 aliphatic heterocycles. The van der Waals surface area contributed by atoms with Crippen molar-refractivity contribution in [1.29, 1.82) is 0 Å². The smallest absolute Gasteiger partial charge is 0.227 e. The summed E-state index contributed by atoms with van der Waals surface area (Å²) in [6.07, 6.45) is 1.09. The first-order chi connectivity index (χ1) is 9.62. The number of anilines is 2. The van der Waals surface area contributed by atoms with E-state index >= 15 is 0 Å². The molecule has 5 heteroatoms. The molecule has 1 aromatic rings. The molecule has 1 saturated heterocycles. The Morgan fingerprint density at radius 3 is 2.50 bits per heavy atom. The molecule has 20 heavy (non-hydrogen) atoms. The van der Waals surface area contributed by atoms with Gasteiger partial charge < -0.3 is 15.1 Å². The summed E-state index contributed by atoms with van der Waals surface area (Å²) in [5.74, 6) is 1.81. The molecular weight excluding hydrogens is 250 g/mol. The lowest BCUT2D eigenvalue weighted by Gasteiger charge is -2.34. The van der Waals surface area contributed by atoms with Crippen molar-refractivity contribution in [2.24, 2.45) is 0 Å². The average molecular weight is 277 g/mol. The van der Waals surface area contributed by atoms with Crippen LogP contribution in [0.2, 0.25) is 0 Å². The second-order valence-electron chi connectivity index (χ2n) is 5.57. The lowest BCUT2D eigenvalue weighted by Crippen LogP contribution is -2.46. The molecule has 5 nitrogen and oxygen atoms in total. The zero-order valence-corrected chi connectivity index (χ0v) is 13.2. The molecule has 1 aromatic heterocycles. The number of nitrogens with one attached hydrogen (secondary N) is 1. The first kappa shape index (κ1) is 15.0. The van der Waals surface area contributed by atoms with Crippen LogP contribution in [0.25, 0.3) is 0 Å². The zero-order valence-electron chi connectivity index (χ0n) is 13.2. The Kier molecular flexibility index (Phi) is 5.17. The van der Waals surface area contributed by atoms with E-state index in [1.54, 1.807) is 0 Å². The average Bonchev–Trinajstić information content (AvgIpc) is 2.46. The van der Waals surface area contributed by atoms with Crippen LogP contribution < -0.4 is 10.2 Å². The molecule has 0 radical (unpaired) electrons. The lowest BCUT2D eigenvalue weighted by molar-refractivity contribution is 0.270. The first-order valence-electron chi connectivity index (χ1n) is 7.72. The Balaban J connectivity index is 2.08. The SMILES string of the molecule is CCC(C)Nc1cc(C)nc(N2CCN(CC)CC2)n1. The van der Waals surface area contributed by atoms with Crippen LogP contribution in [0.1, 0.15) is 32.9 Å². The van der Waals surface area contributed by atoms with E-state index in [1.165, 1.54) is 0 Å². The number of aryl methyl sites for hydroxylation is 1. The van der Waals surface area contributed by atoms with Crippen molar-refractivity contribution in [3.63, 3.8) is 0 Å². The fourth-order valence-electron chi connectivity index (χ4n) is 2.39. The topological polar surface area (TPSA) is 44.3 Å². The number of nitrogens with zero attached hydrogens (tertiary/aromatic N) is 4. The van der Waals surface area contributed by atoms with E-state index in [-0.39, 0.29) is 0 Å². The predicted octanol–water partition coefficient (Wildman–Crippen LogP) is 2.14. The number of hydrogen-bond acceptors (Lipinski definition) is 5. The summed E-state index contributed by atoms with van der Waals surface area (Å²) >= 11 is 0. The Morgan fingerprint density at radius 1 is 1.20 bits per heavy atom. The van der Waals surface area contributed by atoms with Crippen molar-refractivity contribution in [2.45, 2.75) is 40.2 Å². The van der Waals surface area contributed by atoms with Crippen molar-refractivity contribution >= 4 is 11.8 Å². The fourth-order valence-corrected chi connectivity index (χ4v) is 2.39. The molecule has 1 aliphatic rings. The maximum atomic E-state index is 4.68. The predicted molar refractivity (Wildman–Crippen MR) is 84.5 cm³/mol. The summed E-state index contributed by atoms with van der Waals surface area (Å²) in [7, 11) is 0. The van der Waals surface area contributed by atoms with Crippen molar-refractivity contribution < 1.29 is 0 Å². The summed E-state index contributed by atoms with van der Waals surface area (Å²) in [6, 6.07) is 2.46. The van der Waals surface area contributed by atoms with Crippen LogP contribution >= 0.6 is 0 Å². The van der Waals surface area contributed by atoms with Gasteiger partial charge in [0.2, 0.25) is 5.95 Å². The van der Waals surface area contributed by atoms with Crippen LogP contribution in [0.15, 0.2) is 6.07 Å². The van der Waals surface area contributed by atoms with Gasteiger partial charge in [0.1, 0.15) is 5.82 Å². The van der Waals surface area contributed by atoms with Crippen LogP contribution in [0.5, 0.6) is 0 Å². The number of piperazine rings is 1. The second kappa shape index (κ2) is 6.88. The van der Waals surface area contributed by atoms with Gasteiger partial charge in [0.05, 0.1) is 0 Å². The molecule has 1 unspecified atom stereocenters. The Bertz CT molecular complexity index is 426. The van der Waals surface area contributed by atoms with Crippen LogP contribution in [-0.2, 0) is 0 Å². The summed E-state index contributed by atoms with van der Waals surface area (Å²) in [6.45, 7) is 14.0. The molecule has 1 fully saturated rings. The molecule has 2 rings (SSSR count). The van der Waals surface area contributed by atoms with E-state index in [1.807, 2.05) is 13.0 Å². The third-order valence-corrected chi connectivity index (χ3v) is 3.95. The van der Waals surface area contributed by atoms with Gasteiger partial charge in [-0.15, -0.1) is 0 Å². The fraction of sp³-hybridized carbons (Fsp3) is 0.733.